The van der Waals surface area contributed by atoms with Crippen LogP contribution in [-0.2, 0) is 9.53 Å². The first-order valence-corrected chi connectivity index (χ1v) is 13.9. The Morgan fingerprint density at radius 3 is 2.57 bits per heavy atom. The molecule has 0 saturated carbocycles. The molecule has 7 N–H and O–H groups in total. The first-order chi connectivity index (χ1) is 21.1. The molecule has 1 aromatic carbocycles. The summed E-state index contributed by atoms with van der Waals surface area (Å²) in [7, 11) is 1.41. The van der Waals surface area contributed by atoms with E-state index >= 15 is 0 Å². The molecule has 3 heterocycles. The van der Waals surface area contributed by atoms with Gasteiger partial charge >= 0.3 is 0 Å². The van der Waals surface area contributed by atoms with Crippen LogP contribution in [0.15, 0.2) is 42.9 Å². The molecule has 16 heteroatoms. The van der Waals surface area contributed by atoms with Gasteiger partial charge in [0.25, 0.3) is 5.91 Å². The number of amides is 2. The summed E-state index contributed by atoms with van der Waals surface area (Å²) in [4.78, 5) is 37.8. The number of aliphatic hydroxyl groups is 4. The molecule has 0 bridgehead atoms. The van der Waals surface area contributed by atoms with Crippen LogP contribution >= 0.6 is 11.6 Å². The van der Waals surface area contributed by atoms with Crippen LogP contribution in [0, 0.1) is 5.82 Å². The molecule has 1 aliphatic rings. The first kappa shape index (κ1) is 32.9. The molecule has 3 aromatic rings. The van der Waals surface area contributed by atoms with E-state index in [1.54, 1.807) is 6.07 Å². The van der Waals surface area contributed by atoms with Crippen molar-refractivity contribution in [1.29, 1.82) is 0 Å². The number of hydrogen-bond acceptors (Lipinski definition) is 12. The molecule has 2 amide bonds. The summed E-state index contributed by atoms with van der Waals surface area (Å²) in [6.45, 7) is -0.230. The number of benzene rings is 1. The van der Waals surface area contributed by atoms with Crippen molar-refractivity contribution < 1.29 is 43.9 Å². The fourth-order valence-electron chi connectivity index (χ4n) is 4.44. The summed E-state index contributed by atoms with van der Waals surface area (Å²) >= 11 is 6.02. The standard InChI is InChI=1S/C28H32ClFN6O8/c1-43-20-12-34-26(15-9-14(29)3-4-17(15)30)36-27(20)35-18-5-8-31-11-16(18)28(42)33-7-2-6-32-22(38)10-19-23(39)25(41)24(40)21(13-37)44-19/h3-5,8-9,11-12,19,21,23-25,37,39-41H,2,6-7,10,13H2,1H3,(H,32,38)(H,33,42)(H,31,34,35,36)/t19?,21-,23+,24-,25-/m1/s1. The number of carbonyl (C=O) groups is 2. The number of halogens is 2. The van der Waals surface area contributed by atoms with Gasteiger partial charge in [0.1, 0.15) is 30.2 Å². The molecular weight excluding hydrogens is 603 g/mol. The van der Waals surface area contributed by atoms with Gasteiger partial charge in [-0.15, -0.1) is 0 Å². The van der Waals surface area contributed by atoms with Crippen molar-refractivity contribution >= 4 is 34.9 Å². The van der Waals surface area contributed by atoms with E-state index in [2.05, 4.69) is 30.9 Å². The highest BCUT2D eigenvalue weighted by atomic mass is 35.5. The Bertz CT molecular complexity index is 1470. The highest BCUT2D eigenvalue weighted by Gasteiger charge is 2.43. The van der Waals surface area contributed by atoms with E-state index in [1.807, 2.05) is 0 Å². The lowest BCUT2D eigenvalue weighted by atomic mass is 9.93. The zero-order valence-electron chi connectivity index (χ0n) is 23.5. The lowest BCUT2D eigenvalue weighted by Gasteiger charge is -2.39. The Kier molecular flexibility index (Phi) is 11.3. The van der Waals surface area contributed by atoms with Crippen molar-refractivity contribution in [1.82, 2.24) is 25.6 Å². The Morgan fingerprint density at radius 1 is 1.07 bits per heavy atom. The second-order valence-electron chi connectivity index (χ2n) is 9.81. The van der Waals surface area contributed by atoms with E-state index in [0.717, 1.165) is 0 Å². The molecule has 0 spiro atoms. The zero-order valence-corrected chi connectivity index (χ0v) is 24.2. The van der Waals surface area contributed by atoms with Gasteiger partial charge in [0.05, 0.1) is 49.3 Å². The largest absolute Gasteiger partial charge is 0.491 e. The number of carbonyl (C=O) groups excluding carboxylic acids is 2. The minimum absolute atomic E-state index is 0.0435. The molecule has 4 rings (SSSR count). The van der Waals surface area contributed by atoms with Crippen LogP contribution in [0.3, 0.4) is 0 Å². The van der Waals surface area contributed by atoms with Crippen LogP contribution in [0.1, 0.15) is 23.2 Å². The molecule has 14 nitrogen and oxygen atoms in total. The molecule has 0 radical (unpaired) electrons. The summed E-state index contributed by atoms with van der Waals surface area (Å²) in [5, 5.41) is 47.8. The lowest BCUT2D eigenvalue weighted by Crippen LogP contribution is -2.59. The van der Waals surface area contributed by atoms with Gasteiger partial charge in [-0.25, -0.2) is 14.4 Å². The highest BCUT2D eigenvalue weighted by Crippen LogP contribution is 2.31. The maximum atomic E-state index is 14.4. The third-order valence-electron chi connectivity index (χ3n) is 6.80. The zero-order chi connectivity index (χ0) is 31.8. The second kappa shape index (κ2) is 15.1. The number of nitrogens with zero attached hydrogens (tertiary/aromatic N) is 3. The number of anilines is 2. The van der Waals surface area contributed by atoms with Crippen LogP contribution in [0.4, 0.5) is 15.9 Å². The monoisotopic (exact) mass is 634 g/mol. The van der Waals surface area contributed by atoms with Crippen LogP contribution in [0.5, 0.6) is 5.75 Å². The van der Waals surface area contributed by atoms with Crippen molar-refractivity contribution in [2.24, 2.45) is 0 Å². The number of aromatic nitrogens is 3. The smallest absolute Gasteiger partial charge is 0.254 e. The van der Waals surface area contributed by atoms with E-state index < -0.39 is 54.8 Å². The Labute approximate surface area is 256 Å². The number of ether oxygens (including phenoxy) is 2. The van der Waals surface area contributed by atoms with E-state index in [1.165, 1.54) is 43.9 Å². The van der Waals surface area contributed by atoms with Crippen LogP contribution < -0.4 is 20.7 Å². The SMILES string of the molecule is COc1cnc(-c2cc(Cl)ccc2F)nc1Nc1ccncc1C(=O)NCCCNC(=O)CC1O[C@H](CO)[C@@H](O)[C@H](O)[C@H]1O. The minimum atomic E-state index is -1.57. The molecule has 1 fully saturated rings. The summed E-state index contributed by atoms with van der Waals surface area (Å²) in [5.41, 5.74) is 0.589. The van der Waals surface area contributed by atoms with Gasteiger partial charge in [-0.05, 0) is 30.7 Å². The van der Waals surface area contributed by atoms with Crippen LogP contribution in [-0.4, -0.2) is 105 Å². The van der Waals surface area contributed by atoms with Crippen molar-refractivity contribution in [2.75, 3.05) is 32.1 Å². The van der Waals surface area contributed by atoms with E-state index in [9.17, 15) is 34.4 Å². The fraction of sp³-hybridized carbons (Fsp3) is 0.393. The summed E-state index contributed by atoms with van der Waals surface area (Å²) in [5.74, 6) is -1.09. The molecule has 236 valence electrons. The predicted octanol–water partition coefficient (Wildman–Crippen LogP) is 0.552. The summed E-state index contributed by atoms with van der Waals surface area (Å²) in [6.07, 6.45) is -2.57. The summed E-state index contributed by atoms with van der Waals surface area (Å²) in [6, 6.07) is 5.55. The average Bonchev–Trinajstić information content (AvgIpc) is 3.02. The third-order valence-corrected chi connectivity index (χ3v) is 7.04. The van der Waals surface area contributed by atoms with Crippen molar-refractivity contribution in [2.45, 2.75) is 43.4 Å². The Balaban J connectivity index is 1.32. The second-order valence-corrected chi connectivity index (χ2v) is 10.2. The Hall–Kier alpha value is -3.99. The fourth-order valence-corrected chi connectivity index (χ4v) is 4.61. The van der Waals surface area contributed by atoms with Gasteiger partial charge in [-0.3, -0.25) is 14.6 Å². The van der Waals surface area contributed by atoms with E-state index in [-0.39, 0.29) is 48.0 Å². The van der Waals surface area contributed by atoms with Crippen molar-refractivity contribution in [3.63, 3.8) is 0 Å². The molecular formula is C28H32ClFN6O8. The van der Waals surface area contributed by atoms with Gasteiger partial charge in [0.2, 0.25) is 5.91 Å². The topological polar surface area (TPSA) is 208 Å². The number of methoxy groups -OCH3 is 1. The van der Waals surface area contributed by atoms with E-state index in [0.29, 0.717) is 17.1 Å². The minimum Gasteiger partial charge on any atom is -0.491 e. The molecule has 2 aromatic heterocycles. The average molecular weight is 635 g/mol. The number of rotatable bonds is 12. The Morgan fingerprint density at radius 2 is 1.82 bits per heavy atom. The molecule has 1 saturated heterocycles. The quantitative estimate of drug-likeness (QED) is 0.136. The number of hydrogen-bond donors (Lipinski definition) is 7. The normalized spacial score (nSPS) is 21.4. The van der Waals surface area contributed by atoms with E-state index in [4.69, 9.17) is 21.1 Å². The van der Waals surface area contributed by atoms with Gasteiger partial charge in [-0.1, -0.05) is 11.6 Å². The molecule has 1 aliphatic heterocycles. The maximum Gasteiger partial charge on any atom is 0.254 e. The molecule has 1 unspecified atom stereocenters. The predicted molar refractivity (Wildman–Crippen MR) is 155 cm³/mol. The van der Waals surface area contributed by atoms with Gasteiger partial charge in [0, 0.05) is 30.5 Å². The number of pyridine rings is 1. The summed E-state index contributed by atoms with van der Waals surface area (Å²) < 4.78 is 25.1. The van der Waals surface area contributed by atoms with Gasteiger partial charge in [-0.2, -0.15) is 0 Å². The van der Waals surface area contributed by atoms with Crippen LogP contribution in [0.2, 0.25) is 5.02 Å². The van der Waals surface area contributed by atoms with Gasteiger partial charge < -0.3 is 45.9 Å². The highest BCUT2D eigenvalue weighted by molar-refractivity contribution is 6.30. The van der Waals surface area contributed by atoms with Crippen LogP contribution in [0.25, 0.3) is 11.4 Å². The lowest BCUT2D eigenvalue weighted by molar-refractivity contribution is -0.229. The van der Waals surface area contributed by atoms with Gasteiger partial charge in [0.15, 0.2) is 17.4 Å². The van der Waals surface area contributed by atoms with Crippen molar-refractivity contribution in [3.8, 4) is 17.1 Å². The molecule has 0 aliphatic carbocycles. The number of nitrogens with one attached hydrogen (secondary N) is 3. The first-order valence-electron chi connectivity index (χ1n) is 13.6. The third kappa shape index (κ3) is 7.93. The number of aliphatic hydroxyl groups excluding tert-OH is 4. The molecule has 5 atom stereocenters. The maximum absolute atomic E-state index is 14.4. The molecule has 44 heavy (non-hydrogen) atoms. The van der Waals surface area contributed by atoms with Crippen molar-refractivity contribution in [3.05, 3.63) is 59.3 Å².